The van der Waals surface area contributed by atoms with Crippen LogP contribution in [0, 0.1) is 0 Å². The SMILES string of the molecule is CCc1ccc(CN(C)C(=O)CCc2nnc(CCc3ccccc3OC)o2)cc1. The smallest absolute Gasteiger partial charge is 0.223 e. The number of carbonyl (C=O) groups excluding carboxylic acids is 1. The summed E-state index contributed by atoms with van der Waals surface area (Å²) < 4.78 is 11.1. The molecule has 0 atom stereocenters. The van der Waals surface area contributed by atoms with Crippen molar-refractivity contribution < 1.29 is 13.9 Å². The minimum Gasteiger partial charge on any atom is -0.496 e. The van der Waals surface area contributed by atoms with Crippen molar-refractivity contribution in [2.45, 2.75) is 45.6 Å². The molecule has 1 amide bonds. The van der Waals surface area contributed by atoms with E-state index in [0.717, 1.165) is 29.7 Å². The van der Waals surface area contributed by atoms with Gasteiger partial charge in [-0.05, 0) is 35.6 Å². The maximum absolute atomic E-state index is 12.5. The zero-order valence-electron chi connectivity index (χ0n) is 17.9. The second kappa shape index (κ2) is 10.6. The van der Waals surface area contributed by atoms with E-state index in [1.807, 2.05) is 31.3 Å². The molecule has 1 heterocycles. The summed E-state index contributed by atoms with van der Waals surface area (Å²) in [5.74, 6) is 1.99. The summed E-state index contributed by atoms with van der Waals surface area (Å²) >= 11 is 0. The summed E-state index contributed by atoms with van der Waals surface area (Å²) in [7, 11) is 3.49. The van der Waals surface area contributed by atoms with Gasteiger partial charge in [0.05, 0.1) is 7.11 Å². The fourth-order valence-corrected chi connectivity index (χ4v) is 3.29. The second-order valence-electron chi connectivity index (χ2n) is 7.32. The molecule has 0 aliphatic carbocycles. The number of carbonyl (C=O) groups is 1. The summed E-state index contributed by atoms with van der Waals surface area (Å²) in [6, 6.07) is 16.3. The standard InChI is InChI=1S/C24H29N3O3/c1-4-18-9-11-19(12-10-18)17-27(2)24(28)16-15-23-26-25-22(30-23)14-13-20-7-5-6-8-21(20)29-3/h5-12H,4,13-17H2,1-3H3. The number of aryl methyl sites for hydroxylation is 4. The Kier molecular flexibility index (Phi) is 7.60. The van der Waals surface area contributed by atoms with Gasteiger partial charge in [0.15, 0.2) is 0 Å². The van der Waals surface area contributed by atoms with Gasteiger partial charge in [0.25, 0.3) is 0 Å². The van der Waals surface area contributed by atoms with Gasteiger partial charge in [0.2, 0.25) is 17.7 Å². The normalized spacial score (nSPS) is 10.8. The van der Waals surface area contributed by atoms with Crippen molar-refractivity contribution in [3.05, 3.63) is 77.0 Å². The highest BCUT2D eigenvalue weighted by Crippen LogP contribution is 2.19. The van der Waals surface area contributed by atoms with Gasteiger partial charge in [0, 0.05) is 32.9 Å². The lowest BCUT2D eigenvalue weighted by molar-refractivity contribution is -0.130. The zero-order chi connectivity index (χ0) is 21.3. The fraction of sp³-hybridized carbons (Fsp3) is 0.375. The van der Waals surface area contributed by atoms with Gasteiger partial charge in [-0.1, -0.05) is 49.4 Å². The molecule has 0 radical (unpaired) electrons. The van der Waals surface area contributed by atoms with Crippen LogP contribution in [-0.4, -0.2) is 35.2 Å². The average Bonchev–Trinajstić information content (AvgIpc) is 3.24. The van der Waals surface area contributed by atoms with E-state index in [0.29, 0.717) is 37.6 Å². The van der Waals surface area contributed by atoms with E-state index >= 15 is 0 Å². The molecule has 2 aromatic carbocycles. The van der Waals surface area contributed by atoms with E-state index in [-0.39, 0.29) is 5.91 Å². The van der Waals surface area contributed by atoms with Crippen LogP contribution in [0.4, 0.5) is 0 Å². The second-order valence-corrected chi connectivity index (χ2v) is 7.32. The maximum atomic E-state index is 12.5. The largest absolute Gasteiger partial charge is 0.496 e. The molecule has 0 saturated heterocycles. The Bertz CT molecular complexity index is 950. The van der Waals surface area contributed by atoms with Crippen LogP contribution < -0.4 is 4.74 Å². The van der Waals surface area contributed by atoms with E-state index in [2.05, 4.69) is 41.4 Å². The molecule has 0 unspecified atom stereocenters. The summed E-state index contributed by atoms with van der Waals surface area (Å²) in [5.41, 5.74) is 3.52. The van der Waals surface area contributed by atoms with Crippen LogP contribution in [0.25, 0.3) is 0 Å². The van der Waals surface area contributed by atoms with Crippen molar-refractivity contribution in [2.24, 2.45) is 0 Å². The minimum absolute atomic E-state index is 0.0586. The maximum Gasteiger partial charge on any atom is 0.223 e. The van der Waals surface area contributed by atoms with Gasteiger partial charge in [-0.25, -0.2) is 0 Å². The van der Waals surface area contributed by atoms with Gasteiger partial charge < -0.3 is 14.1 Å². The van der Waals surface area contributed by atoms with Gasteiger partial charge >= 0.3 is 0 Å². The van der Waals surface area contributed by atoms with E-state index in [1.54, 1.807) is 12.0 Å². The number of benzene rings is 2. The summed E-state index contributed by atoms with van der Waals surface area (Å²) in [6.45, 7) is 2.73. The number of aromatic nitrogens is 2. The van der Waals surface area contributed by atoms with Crippen molar-refractivity contribution in [3.63, 3.8) is 0 Å². The number of hydrogen-bond donors (Lipinski definition) is 0. The van der Waals surface area contributed by atoms with Crippen LogP contribution in [0.2, 0.25) is 0 Å². The first-order valence-electron chi connectivity index (χ1n) is 10.3. The fourth-order valence-electron chi connectivity index (χ4n) is 3.29. The molecular weight excluding hydrogens is 378 g/mol. The van der Waals surface area contributed by atoms with Crippen LogP contribution in [0.5, 0.6) is 5.75 Å². The molecule has 3 rings (SSSR count). The third-order valence-electron chi connectivity index (χ3n) is 5.14. The number of para-hydroxylation sites is 1. The van der Waals surface area contributed by atoms with Crippen LogP contribution in [0.1, 0.15) is 41.8 Å². The van der Waals surface area contributed by atoms with Crippen LogP contribution in [-0.2, 0) is 37.0 Å². The first-order valence-corrected chi connectivity index (χ1v) is 10.3. The molecule has 6 nitrogen and oxygen atoms in total. The van der Waals surface area contributed by atoms with Gasteiger partial charge in [-0.3, -0.25) is 4.79 Å². The highest BCUT2D eigenvalue weighted by molar-refractivity contribution is 5.76. The topological polar surface area (TPSA) is 68.5 Å². The third kappa shape index (κ3) is 5.92. The third-order valence-corrected chi connectivity index (χ3v) is 5.14. The molecule has 0 spiro atoms. The quantitative estimate of drug-likeness (QED) is 0.508. The zero-order valence-corrected chi connectivity index (χ0v) is 17.9. The highest BCUT2D eigenvalue weighted by atomic mass is 16.5. The van der Waals surface area contributed by atoms with E-state index in [4.69, 9.17) is 9.15 Å². The number of amides is 1. The van der Waals surface area contributed by atoms with Crippen molar-refractivity contribution in [1.29, 1.82) is 0 Å². The van der Waals surface area contributed by atoms with Crippen molar-refractivity contribution >= 4 is 5.91 Å². The van der Waals surface area contributed by atoms with E-state index in [1.165, 1.54) is 5.56 Å². The van der Waals surface area contributed by atoms with E-state index < -0.39 is 0 Å². The molecule has 158 valence electrons. The molecule has 30 heavy (non-hydrogen) atoms. The summed E-state index contributed by atoms with van der Waals surface area (Å²) in [6.07, 6.45) is 3.19. The lowest BCUT2D eigenvalue weighted by atomic mass is 10.1. The Morgan fingerprint density at radius 3 is 2.33 bits per heavy atom. The molecule has 0 aliphatic rings. The van der Waals surface area contributed by atoms with Crippen molar-refractivity contribution in [3.8, 4) is 5.75 Å². The Morgan fingerprint density at radius 2 is 1.63 bits per heavy atom. The number of hydrogen-bond acceptors (Lipinski definition) is 5. The van der Waals surface area contributed by atoms with Gasteiger partial charge in [-0.2, -0.15) is 0 Å². The van der Waals surface area contributed by atoms with Crippen molar-refractivity contribution in [2.75, 3.05) is 14.2 Å². The lowest BCUT2D eigenvalue weighted by Gasteiger charge is -2.17. The number of rotatable bonds is 10. The molecule has 0 aliphatic heterocycles. The summed E-state index contributed by atoms with van der Waals surface area (Å²) in [5, 5.41) is 8.20. The first kappa shape index (κ1) is 21.6. The molecule has 0 bridgehead atoms. The number of ether oxygens (including phenoxy) is 1. The Hall–Kier alpha value is -3.15. The molecule has 3 aromatic rings. The van der Waals surface area contributed by atoms with Crippen LogP contribution >= 0.6 is 0 Å². The number of methoxy groups -OCH3 is 1. The minimum atomic E-state index is 0.0586. The molecule has 0 saturated carbocycles. The van der Waals surface area contributed by atoms with E-state index in [9.17, 15) is 4.79 Å². The predicted octanol–water partition coefficient (Wildman–Crippen LogP) is 4.02. The Balaban J connectivity index is 1.46. The van der Waals surface area contributed by atoms with Crippen LogP contribution in [0.15, 0.2) is 52.9 Å². The Morgan fingerprint density at radius 1 is 0.967 bits per heavy atom. The molecule has 0 fully saturated rings. The highest BCUT2D eigenvalue weighted by Gasteiger charge is 2.13. The van der Waals surface area contributed by atoms with Crippen LogP contribution in [0.3, 0.4) is 0 Å². The lowest BCUT2D eigenvalue weighted by Crippen LogP contribution is -2.26. The molecule has 6 heteroatoms. The predicted molar refractivity (Wildman–Crippen MR) is 115 cm³/mol. The number of nitrogens with zero attached hydrogens (tertiary/aromatic N) is 3. The molecule has 0 N–H and O–H groups in total. The molecule has 1 aromatic heterocycles. The van der Waals surface area contributed by atoms with Crippen molar-refractivity contribution in [1.82, 2.24) is 15.1 Å². The summed E-state index contributed by atoms with van der Waals surface area (Å²) in [4.78, 5) is 14.2. The molecular formula is C24H29N3O3. The monoisotopic (exact) mass is 407 g/mol. The van der Waals surface area contributed by atoms with Gasteiger partial charge in [0.1, 0.15) is 5.75 Å². The Labute approximate surface area is 177 Å². The first-order chi connectivity index (χ1) is 14.6. The van der Waals surface area contributed by atoms with Gasteiger partial charge in [-0.15, -0.1) is 10.2 Å². The average molecular weight is 408 g/mol.